The van der Waals surface area contributed by atoms with Crippen LogP contribution in [0.15, 0.2) is 72.8 Å². The number of benzene rings is 3. The number of carbonyl (C=O) groups is 2. The standard InChI is InChI=1S/C29H33N3O6S/c1-4-39(35,36)32(24-14-15-26-27(17-24)38-20-37-26)19-28(33)31(18-23-13-9-8-10-21(23)2)25(29(34)30-3)16-22-11-6-5-7-12-22/h5-15,17,25H,4,16,18-20H2,1-3H3,(H,30,34)/t25-/m1/s1. The number of anilines is 1. The quantitative estimate of drug-likeness (QED) is 0.392. The SMILES string of the molecule is CCS(=O)(=O)N(CC(=O)N(Cc1ccccc1C)[C@H](Cc1ccccc1)C(=O)NC)c1ccc2c(c1)OCO2. The molecule has 1 atom stereocenters. The zero-order valence-electron chi connectivity index (χ0n) is 22.3. The van der Waals surface area contributed by atoms with Gasteiger partial charge in [-0.2, -0.15) is 0 Å². The molecule has 0 radical (unpaired) electrons. The molecule has 0 saturated carbocycles. The van der Waals surface area contributed by atoms with E-state index in [9.17, 15) is 18.0 Å². The molecule has 0 saturated heterocycles. The van der Waals surface area contributed by atoms with Gasteiger partial charge in [0.15, 0.2) is 11.5 Å². The molecule has 4 rings (SSSR count). The van der Waals surface area contributed by atoms with Crippen LogP contribution in [0.3, 0.4) is 0 Å². The fourth-order valence-corrected chi connectivity index (χ4v) is 5.51. The Morgan fingerprint density at radius 3 is 2.36 bits per heavy atom. The van der Waals surface area contributed by atoms with Gasteiger partial charge in [0.25, 0.3) is 0 Å². The summed E-state index contributed by atoms with van der Waals surface area (Å²) < 4.78 is 38.3. The summed E-state index contributed by atoms with van der Waals surface area (Å²) in [5, 5.41) is 2.68. The minimum atomic E-state index is -3.86. The summed E-state index contributed by atoms with van der Waals surface area (Å²) in [7, 11) is -2.34. The summed E-state index contributed by atoms with van der Waals surface area (Å²) in [6.45, 7) is 3.15. The first-order valence-corrected chi connectivity index (χ1v) is 14.3. The van der Waals surface area contributed by atoms with Gasteiger partial charge >= 0.3 is 0 Å². The number of nitrogens with one attached hydrogen (secondary N) is 1. The first-order valence-electron chi connectivity index (χ1n) is 12.7. The zero-order valence-corrected chi connectivity index (χ0v) is 23.1. The molecule has 3 aromatic carbocycles. The predicted molar refractivity (Wildman–Crippen MR) is 149 cm³/mol. The Morgan fingerprint density at radius 1 is 0.974 bits per heavy atom. The Bertz CT molecular complexity index is 1430. The van der Waals surface area contributed by atoms with E-state index in [1.165, 1.54) is 18.9 Å². The van der Waals surface area contributed by atoms with Gasteiger partial charge in [-0.15, -0.1) is 0 Å². The van der Waals surface area contributed by atoms with Gasteiger partial charge in [-0.05, 0) is 42.7 Å². The van der Waals surface area contributed by atoms with Crippen molar-refractivity contribution in [1.29, 1.82) is 0 Å². The second-order valence-electron chi connectivity index (χ2n) is 9.21. The normalized spacial score (nSPS) is 13.0. The molecule has 39 heavy (non-hydrogen) atoms. The molecule has 0 unspecified atom stereocenters. The summed E-state index contributed by atoms with van der Waals surface area (Å²) in [6.07, 6.45) is 0.267. The number of sulfonamides is 1. The van der Waals surface area contributed by atoms with Crippen molar-refractivity contribution in [3.05, 3.63) is 89.5 Å². The van der Waals surface area contributed by atoms with Gasteiger partial charge in [0, 0.05) is 26.1 Å². The van der Waals surface area contributed by atoms with Crippen molar-refractivity contribution in [1.82, 2.24) is 10.2 Å². The van der Waals surface area contributed by atoms with E-state index in [2.05, 4.69) is 5.32 Å². The van der Waals surface area contributed by atoms with Crippen molar-refractivity contribution in [3.8, 4) is 11.5 Å². The van der Waals surface area contributed by atoms with Crippen molar-refractivity contribution >= 4 is 27.5 Å². The molecule has 0 fully saturated rings. The highest BCUT2D eigenvalue weighted by atomic mass is 32.2. The summed E-state index contributed by atoms with van der Waals surface area (Å²) in [4.78, 5) is 28.8. The Labute approximate surface area is 229 Å². The third kappa shape index (κ3) is 6.51. The zero-order chi connectivity index (χ0) is 28.0. The Balaban J connectivity index is 1.73. The lowest BCUT2D eigenvalue weighted by atomic mass is 10.0. The fraction of sp³-hybridized carbons (Fsp3) is 0.310. The van der Waals surface area contributed by atoms with E-state index in [1.54, 1.807) is 18.2 Å². The highest BCUT2D eigenvalue weighted by Gasteiger charge is 2.34. The predicted octanol–water partition coefficient (Wildman–Crippen LogP) is 3.27. The van der Waals surface area contributed by atoms with Crippen LogP contribution in [0.5, 0.6) is 11.5 Å². The van der Waals surface area contributed by atoms with Crippen molar-refractivity contribution in [2.75, 3.05) is 30.4 Å². The monoisotopic (exact) mass is 551 g/mol. The van der Waals surface area contributed by atoms with Gasteiger partial charge in [-0.3, -0.25) is 13.9 Å². The maximum atomic E-state index is 14.1. The Hall–Kier alpha value is -4.05. The highest BCUT2D eigenvalue weighted by Crippen LogP contribution is 2.36. The number of hydrogen-bond acceptors (Lipinski definition) is 6. The molecule has 3 aromatic rings. The van der Waals surface area contributed by atoms with Gasteiger partial charge in [-0.25, -0.2) is 8.42 Å². The minimum absolute atomic E-state index is 0.0374. The number of hydrogen-bond donors (Lipinski definition) is 1. The van der Waals surface area contributed by atoms with Gasteiger partial charge < -0.3 is 19.7 Å². The number of aryl methyl sites for hydroxylation is 1. The molecule has 0 spiro atoms. The van der Waals surface area contributed by atoms with Gasteiger partial charge in [-0.1, -0.05) is 54.6 Å². The van der Waals surface area contributed by atoms with E-state index in [-0.39, 0.29) is 37.1 Å². The van der Waals surface area contributed by atoms with Crippen molar-refractivity contribution in [3.63, 3.8) is 0 Å². The number of ether oxygens (including phenoxy) is 2. The number of likely N-dealkylation sites (N-methyl/N-ethyl adjacent to an activating group) is 1. The molecular formula is C29H33N3O6S. The van der Waals surface area contributed by atoms with Crippen molar-refractivity contribution < 1.29 is 27.5 Å². The summed E-state index contributed by atoms with van der Waals surface area (Å²) >= 11 is 0. The van der Waals surface area contributed by atoms with Crippen LogP contribution >= 0.6 is 0 Å². The molecule has 0 bridgehead atoms. The van der Waals surface area contributed by atoms with E-state index in [1.807, 2.05) is 61.5 Å². The number of rotatable bonds is 11. The first-order chi connectivity index (χ1) is 18.7. The topological polar surface area (TPSA) is 105 Å². The van der Waals surface area contributed by atoms with Crippen molar-refractivity contribution in [2.24, 2.45) is 0 Å². The van der Waals surface area contributed by atoms with Gasteiger partial charge in [0.1, 0.15) is 12.6 Å². The lowest BCUT2D eigenvalue weighted by Gasteiger charge is -2.33. The van der Waals surface area contributed by atoms with Gasteiger partial charge in [0.2, 0.25) is 28.6 Å². The third-order valence-electron chi connectivity index (χ3n) is 6.74. The number of amides is 2. The molecule has 2 amide bonds. The average molecular weight is 552 g/mol. The van der Waals surface area contributed by atoms with E-state index in [0.29, 0.717) is 11.5 Å². The minimum Gasteiger partial charge on any atom is -0.454 e. The van der Waals surface area contributed by atoms with Crippen LogP contribution in [0.4, 0.5) is 5.69 Å². The maximum Gasteiger partial charge on any atom is 0.244 e. The molecule has 10 heteroatoms. The molecule has 0 aliphatic carbocycles. The second kappa shape index (κ2) is 12.2. The number of nitrogens with zero attached hydrogens (tertiary/aromatic N) is 2. The van der Waals surface area contributed by atoms with Crippen molar-refractivity contribution in [2.45, 2.75) is 32.9 Å². The Morgan fingerprint density at radius 2 is 1.67 bits per heavy atom. The van der Waals surface area contributed by atoms with Crippen LogP contribution < -0.4 is 19.1 Å². The van der Waals surface area contributed by atoms with Crippen LogP contribution in [-0.2, 0) is 32.6 Å². The first kappa shape index (κ1) is 28.0. The summed E-state index contributed by atoms with van der Waals surface area (Å²) in [5.41, 5.74) is 2.98. The molecule has 1 aliphatic heterocycles. The molecule has 1 aliphatic rings. The van der Waals surface area contributed by atoms with Crippen LogP contribution in [0.1, 0.15) is 23.6 Å². The molecule has 9 nitrogen and oxygen atoms in total. The van der Waals surface area contributed by atoms with Crippen LogP contribution in [0, 0.1) is 6.92 Å². The van der Waals surface area contributed by atoms with E-state index in [0.717, 1.165) is 21.0 Å². The molecular weight excluding hydrogens is 518 g/mol. The van der Waals surface area contributed by atoms with E-state index < -0.39 is 28.5 Å². The highest BCUT2D eigenvalue weighted by molar-refractivity contribution is 7.92. The van der Waals surface area contributed by atoms with E-state index >= 15 is 0 Å². The fourth-order valence-electron chi connectivity index (χ4n) is 4.45. The smallest absolute Gasteiger partial charge is 0.244 e. The van der Waals surface area contributed by atoms with E-state index in [4.69, 9.17) is 9.47 Å². The van der Waals surface area contributed by atoms with Gasteiger partial charge in [0.05, 0.1) is 11.4 Å². The lowest BCUT2D eigenvalue weighted by molar-refractivity contribution is -0.139. The molecule has 206 valence electrons. The summed E-state index contributed by atoms with van der Waals surface area (Å²) in [6, 6.07) is 20.9. The largest absolute Gasteiger partial charge is 0.454 e. The maximum absolute atomic E-state index is 14.1. The number of carbonyl (C=O) groups excluding carboxylic acids is 2. The van der Waals surface area contributed by atoms with Crippen LogP contribution in [-0.4, -0.2) is 57.3 Å². The number of fused-ring (bicyclic) bond motifs is 1. The van der Waals surface area contributed by atoms with Crippen LogP contribution in [0.25, 0.3) is 0 Å². The third-order valence-corrected chi connectivity index (χ3v) is 8.48. The molecule has 1 N–H and O–H groups in total. The summed E-state index contributed by atoms with van der Waals surface area (Å²) in [5.74, 6) is -0.149. The van der Waals surface area contributed by atoms with Crippen LogP contribution in [0.2, 0.25) is 0 Å². The Kier molecular flexibility index (Phi) is 8.75. The lowest BCUT2D eigenvalue weighted by Crippen LogP contribution is -2.53. The molecule has 1 heterocycles. The second-order valence-corrected chi connectivity index (χ2v) is 11.4. The molecule has 0 aromatic heterocycles. The average Bonchev–Trinajstić information content (AvgIpc) is 3.42.